The number of nitrogens with zero attached hydrogens (tertiary/aromatic N) is 1. The Balaban J connectivity index is 2.36. The number of rotatable bonds is 5. The summed E-state index contributed by atoms with van der Waals surface area (Å²) in [6.45, 7) is 6.46. The monoisotopic (exact) mass is 342 g/mol. The molecule has 5 heteroatoms. The molecule has 0 aromatic heterocycles. The molecular formula is C15H23BrN2O2. The first-order chi connectivity index (χ1) is 9.71. The first kappa shape index (κ1) is 15.6. The van der Waals surface area contributed by atoms with E-state index in [1.165, 1.54) is 5.56 Å². The van der Waals surface area contributed by atoms with E-state index in [0.717, 1.165) is 48.6 Å². The second-order valence-corrected chi connectivity index (χ2v) is 5.79. The third kappa shape index (κ3) is 3.27. The maximum absolute atomic E-state index is 5.57. The highest BCUT2D eigenvalue weighted by molar-refractivity contribution is 9.10. The molecule has 1 fully saturated rings. The lowest BCUT2D eigenvalue weighted by Crippen LogP contribution is -2.45. The summed E-state index contributed by atoms with van der Waals surface area (Å²) in [5, 5.41) is 3.40. The topological polar surface area (TPSA) is 33.7 Å². The molecule has 0 amide bonds. The largest absolute Gasteiger partial charge is 0.496 e. The number of ether oxygens (including phenoxy) is 2. The number of piperazine rings is 1. The molecule has 0 saturated carbocycles. The highest BCUT2D eigenvalue weighted by Crippen LogP contribution is 2.39. The summed E-state index contributed by atoms with van der Waals surface area (Å²) in [6.07, 6.45) is 1.06. The van der Waals surface area contributed by atoms with Gasteiger partial charge in [0.15, 0.2) is 0 Å². The van der Waals surface area contributed by atoms with Crippen molar-refractivity contribution in [2.24, 2.45) is 0 Å². The van der Waals surface area contributed by atoms with Gasteiger partial charge >= 0.3 is 0 Å². The van der Waals surface area contributed by atoms with Crippen LogP contribution >= 0.6 is 15.9 Å². The molecule has 2 rings (SSSR count). The molecule has 1 aliphatic rings. The van der Waals surface area contributed by atoms with Crippen molar-refractivity contribution in [3.05, 3.63) is 22.2 Å². The fraction of sp³-hybridized carbons (Fsp3) is 0.600. The van der Waals surface area contributed by atoms with Crippen molar-refractivity contribution in [1.82, 2.24) is 10.2 Å². The number of halogens is 1. The van der Waals surface area contributed by atoms with Gasteiger partial charge in [0.2, 0.25) is 0 Å². The summed E-state index contributed by atoms with van der Waals surface area (Å²) in [6, 6.07) is 4.46. The lowest BCUT2D eigenvalue weighted by Gasteiger charge is -2.35. The Morgan fingerprint density at radius 3 is 2.40 bits per heavy atom. The van der Waals surface area contributed by atoms with Gasteiger partial charge in [-0.3, -0.25) is 4.90 Å². The lowest BCUT2D eigenvalue weighted by atomic mass is 10.0. The first-order valence-electron chi connectivity index (χ1n) is 7.07. The zero-order valence-electron chi connectivity index (χ0n) is 12.4. The van der Waals surface area contributed by atoms with Crippen molar-refractivity contribution in [3.8, 4) is 11.5 Å². The van der Waals surface area contributed by atoms with Gasteiger partial charge in [-0.25, -0.2) is 0 Å². The minimum atomic E-state index is 0.369. The van der Waals surface area contributed by atoms with Crippen LogP contribution in [-0.4, -0.2) is 45.3 Å². The van der Waals surface area contributed by atoms with Gasteiger partial charge in [0.05, 0.1) is 18.7 Å². The smallest absolute Gasteiger partial charge is 0.133 e. The Kier molecular flexibility index (Phi) is 5.69. The molecule has 0 unspecified atom stereocenters. The summed E-state index contributed by atoms with van der Waals surface area (Å²) in [5.41, 5.74) is 1.21. The summed E-state index contributed by atoms with van der Waals surface area (Å²) >= 11 is 3.52. The second kappa shape index (κ2) is 7.29. The fourth-order valence-electron chi connectivity index (χ4n) is 2.81. The Morgan fingerprint density at radius 2 is 1.85 bits per heavy atom. The molecule has 112 valence electrons. The minimum Gasteiger partial charge on any atom is -0.496 e. The van der Waals surface area contributed by atoms with Gasteiger partial charge in [-0.2, -0.15) is 0 Å². The fourth-order valence-corrected chi connectivity index (χ4v) is 3.30. The van der Waals surface area contributed by atoms with Crippen LogP contribution < -0.4 is 14.8 Å². The van der Waals surface area contributed by atoms with Gasteiger partial charge in [-0.1, -0.05) is 6.92 Å². The highest BCUT2D eigenvalue weighted by atomic mass is 79.9. The molecule has 1 aromatic rings. The SMILES string of the molecule is CC[C@@H](c1cc(OC)c(Br)cc1OC)N1CCNCC1. The van der Waals surface area contributed by atoms with Crippen LogP contribution in [0.1, 0.15) is 24.9 Å². The van der Waals surface area contributed by atoms with E-state index in [-0.39, 0.29) is 0 Å². The van der Waals surface area contributed by atoms with Gasteiger partial charge in [0.25, 0.3) is 0 Å². The molecule has 0 bridgehead atoms. The van der Waals surface area contributed by atoms with E-state index < -0.39 is 0 Å². The van der Waals surface area contributed by atoms with Gasteiger partial charge in [0.1, 0.15) is 11.5 Å². The van der Waals surface area contributed by atoms with E-state index in [2.05, 4.69) is 39.1 Å². The van der Waals surface area contributed by atoms with Crippen LogP contribution in [0.25, 0.3) is 0 Å². The lowest BCUT2D eigenvalue weighted by molar-refractivity contribution is 0.166. The molecule has 1 aromatic carbocycles. The van der Waals surface area contributed by atoms with Crippen molar-refractivity contribution in [3.63, 3.8) is 0 Å². The number of hydrogen-bond acceptors (Lipinski definition) is 4. The van der Waals surface area contributed by atoms with E-state index in [0.29, 0.717) is 6.04 Å². The normalized spacial score (nSPS) is 17.8. The summed E-state index contributed by atoms with van der Waals surface area (Å²) < 4.78 is 11.9. The molecule has 0 aliphatic carbocycles. The summed E-state index contributed by atoms with van der Waals surface area (Å²) in [5.74, 6) is 1.78. The zero-order chi connectivity index (χ0) is 14.5. The van der Waals surface area contributed by atoms with Crippen LogP contribution in [0, 0.1) is 0 Å². The van der Waals surface area contributed by atoms with Gasteiger partial charge in [-0.05, 0) is 34.5 Å². The van der Waals surface area contributed by atoms with Gasteiger partial charge in [-0.15, -0.1) is 0 Å². The predicted octanol–water partition coefficient (Wildman–Crippen LogP) is 2.82. The average Bonchev–Trinajstić information content (AvgIpc) is 2.50. The van der Waals surface area contributed by atoms with E-state index in [1.54, 1.807) is 14.2 Å². The highest BCUT2D eigenvalue weighted by Gasteiger charge is 2.24. The third-order valence-electron chi connectivity index (χ3n) is 3.84. The Morgan fingerprint density at radius 1 is 1.20 bits per heavy atom. The van der Waals surface area contributed by atoms with Crippen LogP contribution in [0.3, 0.4) is 0 Å². The maximum Gasteiger partial charge on any atom is 0.133 e. The Hall–Kier alpha value is -0.780. The Labute approximate surface area is 129 Å². The van der Waals surface area contributed by atoms with Crippen LogP contribution in [0.2, 0.25) is 0 Å². The number of nitrogens with one attached hydrogen (secondary N) is 1. The van der Waals surface area contributed by atoms with E-state index in [1.807, 2.05) is 6.07 Å². The maximum atomic E-state index is 5.57. The van der Waals surface area contributed by atoms with Crippen molar-refractivity contribution >= 4 is 15.9 Å². The molecule has 1 atom stereocenters. The second-order valence-electron chi connectivity index (χ2n) is 4.94. The van der Waals surface area contributed by atoms with E-state index >= 15 is 0 Å². The quantitative estimate of drug-likeness (QED) is 0.892. The molecule has 1 saturated heterocycles. The Bertz CT molecular complexity index is 448. The number of benzene rings is 1. The van der Waals surface area contributed by atoms with Crippen molar-refractivity contribution in [2.45, 2.75) is 19.4 Å². The zero-order valence-corrected chi connectivity index (χ0v) is 14.0. The van der Waals surface area contributed by atoms with Crippen molar-refractivity contribution in [1.29, 1.82) is 0 Å². The molecule has 1 heterocycles. The summed E-state index contributed by atoms with van der Waals surface area (Å²) in [7, 11) is 3.42. The van der Waals surface area contributed by atoms with E-state index in [9.17, 15) is 0 Å². The van der Waals surface area contributed by atoms with Gasteiger partial charge < -0.3 is 14.8 Å². The van der Waals surface area contributed by atoms with Crippen LogP contribution in [-0.2, 0) is 0 Å². The molecule has 20 heavy (non-hydrogen) atoms. The number of methoxy groups -OCH3 is 2. The van der Waals surface area contributed by atoms with Crippen LogP contribution in [0.5, 0.6) is 11.5 Å². The number of hydrogen-bond donors (Lipinski definition) is 1. The van der Waals surface area contributed by atoms with E-state index in [4.69, 9.17) is 9.47 Å². The van der Waals surface area contributed by atoms with Crippen molar-refractivity contribution in [2.75, 3.05) is 40.4 Å². The molecule has 1 N–H and O–H groups in total. The molecular weight excluding hydrogens is 320 g/mol. The average molecular weight is 343 g/mol. The molecule has 4 nitrogen and oxygen atoms in total. The predicted molar refractivity (Wildman–Crippen MR) is 84.7 cm³/mol. The molecule has 0 radical (unpaired) electrons. The first-order valence-corrected chi connectivity index (χ1v) is 7.86. The summed E-state index contributed by atoms with van der Waals surface area (Å²) in [4.78, 5) is 2.52. The standard InChI is InChI=1S/C15H23BrN2O2/c1-4-13(18-7-5-17-6-8-18)11-9-15(20-3)12(16)10-14(11)19-2/h9-10,13,17H,4-8H2,1-3H3/t13-/m0/s1. The van der Waals surface area contributed by atoms with Crippen LogP contribution in [0.4, 0.5) is 0 Å². The third-order valence-corrected chi connectivity index (χ3v) is 4.46. The molecule has 1 aliphatic heterocycles. The van der Waals surface area contributed by atoms with Crippen LogP contribution in [0.15, 0.2) is 16.6 Å². The molecule has 0 spiro atoms. The minimum absolute atomic E-state index is 0.369. The van der Waals surface area contributed by atoms with Gasteiger partial charge in [0, 0.05) is 37.8 Å². The van der Waals surface area contributed by atoms with Crippen molar-refractivity contribution < 1.29 is 9.47 Å².